The van der Waals surface area contributed by atoms with Gasteiger partial charge in [-0.15, -0.1) is 0 Å². The molecule has 1 aromatic carbocycles. The normalized spacial score (nSPS) is 13.2. The number of primary amides is 1. The number of amides is 1. The first kappa shape index (κ1) is 25.2. The summed E-state index contributed by atoms with van der Waals surface area (Å²) in [5, 5.41) is 8.83. The predicted octanol–water partition coefficient (Wildman–Crippen LogP) is 3.35. The molecule has 1 atom stereocenters. The van der Waals surface area contributed by atoms with Crippen molar-refractivity contribution in [3.63, 3.8) is 0 Å². The number of aliphatic hydroxyl groups is 1. The van der Waals surface area contributed by atoms with Gasteiger partial charge in [-0.2, -0.15) is 0 Å². The third-order valence-electron chi connectivity index (χ3n) is 4.37. The van der Waals surface area contributed by atoms with Crippen molar-refractivity contribution in [2.24, 2.45) is 5.73 Å². The Hall–Kier alpha value is -1.79. The van der Waals surface area contributed by atoms with Crippen molar-refractivity contribution in [2.45, 2.75) is 72.4 Å². The average molecular weight is 383 g/mol. The summed E-state index contributed by atoms with van der Waals surface area (Å²) >= 11 is 0. The largest absolute Gasteiger partial charge is 0.454 e. The van der Waals surface area contributed by atoms with Crippen LogP contribution in [0.4, 0.5) is 0 Å². The van der Waals surface area contributed by atoms with Crippen LogP contribution in [-0.2, 0) is 11.2 Å². The Bertz CT molecular complexity index is 529. The van der Waals surface area contributed by atoms with Gasteiger partial charge in [-0.1, -0.05) is 26.8 Å². The van der Waals surface area contributed by atoms with Crippen LogP contribution in [0.2, 0.25) is 0 Å². The Labute approximate surface area is 164 Å². The number of hydrogen-bond acceptors (Lipinski definition) is 5. The van der Waals surface area contributed by atoms with Gasteiger partial charge in [-0.25, -0.2) is 0 Å². The van der Waals surface area contributed by atoms with E-state index in [1.54, 1.807) is 13.8 Å². The summed E-state index contributed by atoms with van der Waals surface area (Å²) in [6.07, 6.45) is 3.34. The molecule has 0 radical (unpaired) electrons. The lowest BCUT2D eigenvalue weighted by Crippen LogP contribution is -2.35. The molecular weight excluding hydrogens is 344 g/mol. The van der Waals surface area contributed by atoms with Crippen molar-refractivity contribution in [1.29, 1.82) is 0 Å². The standard InChI is InChI=1S/C15H23NO2.C5H12O.CH3NO/c1-4-8-16(5-2)12(3)9-13-6-7-14-15(10-13)18-11-17-14;1-4-5(2,3)6;2-1-3/h6-7,10,12H,4-5,8-9,11H2,1-3H3;6H,4H2,1-3H3;1H,(H2,2,3). The summed E-state index contributed by atoms with van der Waals surface area (Å²) in [7, 11) is 0. The van der Waals surface area contributed by atoms with E-state index >= 15 is 0 Å². The summed E-state index contributed by atoms with van der Waals surface area (Å²) in [5.74, 6) is 1.76. The molecule has 1 aliphatic rings. The van der Waals surface area contributed by atoms with Crippen molar-refractivity contribution in [1.82, 2.24) is 4.90 Å². The number of rotatable bonds is 7. The van der Waals surface area contributed by atoms with E-state index in [9.17, 15) is 0 Å². The Balaban J connectivity index is 0.000000632. The first-order valence-electron chi connectivity index (χ1n) is 9.72. The van der Waals surface area contributed by atoms with E-state index in [-0.39, 0.29) is 6.41 Å². The Kier molecular flexibility index (Phi) is 12.5. The third kappa shape index (κ3) is 10.8. The van der Waals surface area contributed by atoms with Crippen LogP contribution in [0.3, 0.4) is 0 Å². The van der Waals surface area contributed by atoms with Crippen molar-refractivity contribution in [3.8, 4) is 11.5 Å². The van der Waals surface area contributed by atoms with E-state index in [0.29, 0.717) is 12.8 Å². The second kappa shape index (κ2) is 13.4. The number of likely N-dealkylation sites (N-methyl/N-ethyl adjacent to an activating group) is 1. The van der Waals surface area contributed by atoms with Crippen LogP contribution in [0.25, 0.3) is 0 Å². The highest BCUT2D eigenvalue weighted by atomic mass is 16.7. The number of nitrogens with two attached hydrogens (primary N) is 1. The van der Waals surface area contributed by atoms with Gasteiger partial charge in [-0.05, 0) is 70.8 Å². The van der Waals surface area contributed by atoms with Gasteiger partial charge in [0.25, 0.3) is 0 Å². The minimum atomic E-state index is -0.458. The molecule has 1 aromatic rings. The van der Waals surface area contributed by atoms with Crippen LogP contribution in [0.1, 0.15) is 59.9 Å². The number of carbonyl (C=O) groups is 1. The second-order valence-corrected chi connectivity index (χ2v) is 7.17. The van der Waals surface area contributed by atoms with Gasteiger partial charge in [0.1, 0.15) is 0 Å². The van der Waals surface area contributed by atoms with Gasteiger partial charge in [-0.3, -0.25) is 4.79 Å². The molecule has 1 unspecified atom stereocenters. The van der Waals surface area contributed by atoms with Crippen LogP contribution in [0, 0.1) is 0 Å². The summed E-state index contributed by atoms with van der Waals surface area (Å²) < 4.78 is 10.8. The maximum Gasteiger partial charge on any atom is 0.231 e. The Morgan fingerprint density at radius 3 is 2.30 bits per heavy atom. The molecule has 3 N–H and O–H groups in total. The van der Waals surface area contributed by atoms with Crippen molar-refractivity contribution < 1.29 is 19.4 Å². The lowest BCUT2D eigenvalue weighted by Gasteiger charge is -2.27. The van der Waals surface area contributed by atoms with Crippen molar-refractivity contribution in [2.75, 3.05) is 19.9 Å². The molecule has 1 aliphatic heterocycles. The fourth-order valence-electron chi connectivity index (χ4n) is 2.52. The van der Waals surface area contributed by atoms with Crippen molar-refractivity contribution >= 4 is 6.41 Å². The van der Waals surface area contributed by atoms with Gasteiger partial charge in [0.2, 0.25) is 13.2 Å². The van der Waals surface area contributed by atoms with E-state index in [1.807, 2.05) is 13.0 Å². The zero-order chi connectivity index (χ0) is 20.9. The summed E-state index contributed by atoms with van der Waals surface area (Å²) in [4.78, 5) is 11.1. The number of benzene rings is 1. The lowest BCUT2D eigenvalue weighted by atomic mass is 10.1. The first-order chi connectivity index (χ1) is 12.7. The van der Waals surface area contributed by atoms with Crippen LogP contribution < -0.4 is 15.2 Å². The Morgan fingerprint density at radius 2 is 1.81 bits per heavy atom. The van der Waals surface area contributed by atoms with Crippen LogP contribution >= 0.6 is 0 Å². The molecule has 0 aromatic heterocycles. The fourth-order valence-corrected chi connectivity index (χ4v) is 2.52. The summed E-state index contributed by atoms with van der Waals surface area (Å²) in [6, 6.07) is 6.83. The molecule has 2 rings (SSSR count). The third-order valence-corrected chi connectivity index (χ3v) is 4.37. The van der Waals surface area contributed by atoms with E-state index in [0.717, 1.165) is 30.9 Å². The number of carbonyl (C=O) groups excluding carboxylic acids is 1. The van der Waals surface area contributed by atoms with Crippen LogP contribution in [0.5, 0.6) is 11.5 Å². The number of ether oxygens (including phenoxy) is 2. The van der Waals surface area contributed by atoms with E-state index in [2.05, 4.69) is 43.5 Å². The SMILES string of the molecule is CCC(C)(C)O.CCCN(CC)C(C)Cc1ccc2c(c1)OCO2.NC=O. The molecule has 27 heavy (non-hydrogen) atoms. The Morgan fingerprint density at radius 1 is 1.26 bits per heavy atom. The van der Waals surface area contributed by atoms with Crippen LogP contribution in [-0.4, -0.2) is 47.9 Å². The molecule has 1 amide bonds. The lowest BCUT2D eigenvalue weighted by molar-refractivity contribution is -0.106. The van der Waals surface area contributed by atoms with E-state index in [4.69, 9.17) is 19.4 Å². The van der Waals surface area contributed by atoms with Crippen LogP contribution in [0.15, 0.2) is 18.2 Å². The van der Waals surface area contributed by atoms with Crippen molar-refractivity contribution in [3.05, 3.63) is 23.8 Å². The molecule has 0 bridgehead atoms. The zero-order valence-electron chi connectivity index (χ0n) is 17.8. The van der Waals surface area contributed by atoms with Gasteiger partial charge in [0.05, 0.1) is 5.60 Å². The van der Waals surface area contributed by atoms with E-state index < -0.39 is 5.60 Å². The molecular formula is C21H38N2O4. The van der Waals surface area contributed by atoms with Gasteiger partial charge >= 0.3 is 0 Å². The van der Waals surface area contributed by atoms with Gasteiger partial charge in [0, 0.05) is 6.04 Å². The minimum Gasteiger partial charge on any atom is -0.454 e. The summed E-state index contributed by atoms with van der Waals surface area (Å²) in [5.41, 5.74) is 5.03. The molecule has 6 heteroatoms. The summed E-state index contributed by atoms with van der Waals surface area (Å²) in [6.45, 7) is 14.9. The fraction of sp³-hybridized carbons (Fsp3) is 0.667. The predicted molar refractivity (Wildman–Crippen MR) is 110 cm³/mol. The molecule has 0 spiro atoms. The zero-order valence-corrected chi connectivity index (χ0v) is 17.8. The topological polar surface area (TPSA) is 85.0 Å². The molecule has 0 saturated carbocycles. The highest BCUT2D eigenvalue weighted by molar-refractivity contribution is 5.44. The maximum absolute atomic E-state index is 8.83. The molecule has 0 fully saturated rings. The molecule has 1 heterocycles. The highest BCUT2D eigenvalue weighted by Crippen LogP contribution is 2.32. The molecule has 6 nitrogen and oxygen atoms in total. The molecule has 156 valence electrons. The smallest absolute Gasteiger partial charge is 0.231 e. The van der Waals surface area contributed by atoms with Gasteiger partial charge < -0.3 is 25.2 Å². The first-order valence-corrected chi connectivity index (χ1v) is 9.72. The average Bonchev–Trinajstić information content (AvgIpc) is 3.08. The maximum atomic E-state index is 8.83. The molecule has 0 aliphatic carbocycles. The van der Waals surface area contributed by atoms with E-state index in [1.165, 1.54) is 18.5 Å². The number of fused-ring (bicyclic) bond motifs is 1. The monoisotopic (exact) mass is 382 g/mol. The molecule has 0 saturated heterocycles. The quantitative estimate of drug-likeness (QED) is 0.707. The minimum absolute atomic E-state index is 0.250. The highest BCUT2D eigenvalue weighted by Gasteiger charge is 2.16. The second-order valence-electron chi connectivity index (χ2n) is 7.17. The number of hydrogen-bond donors (Lipinski definition) is 2. The van der Waals surface area contributed by atoms with Gasteiger partial charge in [0.15, 0.2) is 11.5 Å². The number of nitrogens with zero attached hydrogens (tertiary/aromatic N) is 1.